The normalized spacial score (nSPS) is 11.0. The van der Waals surface area contributed by atoms with E-state index >= 15 is 0 Å². The summed E-state index contributed by atoms with van der Waals surface area (Å²) in [6.45, 7) is 13.6. The van der Waals surface area contributed by atoms with Crippen LogP contribution in [0.1, 0.15) is 30.8 Å². The predicted molar refractivity (Wildman–Crippen MR) is 165 cm³/mol. The molecule has 1 heterocycles. The molecule has 0 saturated carbocycles. The van der Waals surface area contributed by atoms with Gasteiger partial charge in [-0.15, -0.1) is 0 Å². The molecule has 8 nitrogen and oxygen atoms in total. The lowest BCUT2D eigenvalue weighted by atomic mass is 10.0. The number of para-hydroxylation sites is 1. The van der Waals surface area contributed by atoms with Crippen molar-refractivity contribution in [3.05, 3.63) is 77.2 Å². The largest absolute Gasteiger partial charge is 0.496 e. The number of methoxy groups -OCH3 is 1. The van der Waals surface area contributed by atoms with Gasteiger partial charge < -0.3 is 19.9 Å². The molecule has 0 aliphatic rings. The molecule has 0 bridgehead atoms. The van der Waals surface area contributed by atoms with E-state index in [1.807, 2.05) is 30.3 Å². The van der Waals surface area contributed by atoms with E-state index in [0.717, 1.165) is 18.7 Å². The Labute approximate surface area is 241 Å². The number of halogens is 1. The highest BCUT2D eigenvalue weighted by molar-refractivity contribution is 7.70. The van der Waals surface area contributed by atoms with E-state index in [-0.39, 0.29) is 5.91 Å². The smallest absolute Gasteiger partial charge is 0.247 e. The minimum atomic E-state index is -2.55. The van der Waals surface area contributed by atoms with Crippen LogP contribution in [0.25, 0.3) is 0 Å². The van der Waals surface area contributed by atoms with Crippen molar-refractivity contribution in [3.8, 4) is 17.6 Å². The minimum Gasteiger partial charge on any atom is -0.496 e. The number of hydrogen-bond donors (Lipinski definition) is 2. The molecule has 1 aromatic heterocycles. The zero-order valence-corrected chi connectivity index (χ0v) is 25.2. The third kappa shape index (κ3) is 8.19. The molecule has 0 saturated heterocycles. The lowest BCUT2D eigenvalue weighted by Crippen LogP contribution is -2.22. The van der Waals surface area contributed by atoms with Gasteiger partial charge >= 0.3 is 0 Å². The highest BCUT2D eigenvalue weighted by Crippen LogP contribution is 2.38. The summed E-state index contributed by atoms with van der Waals surface area (Å²) < 4.78 is 18.5. The van der Waals surface area contributed by atoms with Crippen molar-refractivity contribution in [2.45, 2.75) is 20.3 Å². The summed E-state index contributed by atoms with van der Waals surface area (Å²) in [7, 11) is -0.971. The number of ether oxygens (including phenoxy) is 1. The van der Waals surface area contributed by atoms with Crippen molar-refractivity contribution in [3.63, 3.8) is 0 Å². The lowest BCUT2D eigenvalue weighted by Gasteiger charge is -2.16. The molecule has 0 atom stereocenters. The Balaban J connectivity index is 1.98. The molecular weight excluding hydrogens is 545 g/mol. The van der Waals surface area contributed by atoms with Gasteiger partial charge in [0.2, 0.25) is 5.91 Å². The SMILES string of the molecule is C=CC(=O)Nc1cc(Cc2ncc(Cl)c(Nc3ccccc3P(C)(C)=O)n2)c(OC)cc1C#CCN(CC)CC. The topological polar surface area (TPSA) is 96.5 Å². The van der Waals surface area contributed by atoms with E-state index in [1.165, 1.54) is 12.3 Å². The van der Waals surface area contributed by atoms with Gasteiger partial charge in [-0.1, -0.05) is 56.0 Å². The van der Waals surface area contributed by atoms with Gasteiger partial charge in [-0.25, -0.2) is 9.97 Å². The van der Waals surface area contributed by atoms with Crippen molar-refractivity contribution in [1.82, 2.24) is 14.9 Å². The van der Waals surface area contributed by atoms with Crippen LogP contribution >= 0.6 is 18.7 Å². The van der Waals surface area contributed by atoms with E-state index in [0.29, 0.717) is 57.6 Å². The average molecular weight is 580 g/mol. The summed E-state index contributed by atoms with van der Waals surface area (Å²) in [6, 6.07) is 11.0. The quantitative estimate of drug-likeness (QED) is 0.175. The maximum atomic E-state index is 12.8. The average Bonchev–Trinajstić information content (AvgIpc) is 2.93. The third-order valence-electron chi connectivity index (χ3n) is 6.16. The lowest BCUT2D eigenvalue weighted by molar-refractivity contribution is -0.111. The minimum absolute atomic E-state index is 0.292. The Bertz CT molecular complexity index is 1490. The Kier molecular flexibility index (Phi) is 10.9. The standard InChI is InChI=1S/C30H35ClN5O3P/c1-7-29(37)33-25-17-22(26(39-4)18-21(25)13-12-16-36(8-2)9-3)19-28-32-20-23(31)30(35-28)34-24-14-10-11-15-27(24)40(5,6)38/h7,10-11,14-15,17-18,20H,1,8-9,16,19H2,2-6H3,(H,33,37)(H,32,34,35). The molecule has 3 rings (SSSR count). The second-order valence-corrected chi connectivity index (χ2v) is 12.9. The zero-order valence-electron chi connectivity index (χ0n) is 23.5. The number of benzene rings is 2. The molecule has 0 spiro atoms. The monoisotopic (exact) mass is 579 g/mol. The Morgan fingerprint density at radius 1 is 1.20 bits per heavy atom. The van der Waals surface area contributed by atoms with Crippen LogP contribution in [0.2, 0.25) is 5.02 Å². The first-order valence-corrected chi connectivity index (χ1v) is 15.9. The van der Waals surface area contributed by atoms with Gasteiger partial charge in [0, 0.05) is 17.3 Å². The molecule has 0 fully saturated rings. The van der Waals surface area contributed by atoms with Crippen LogP contribution in [0.3, 0.4) is 0 Å². The van der Waals surface area contributed by atoms with Crippen LogP contribution in [-0.4, -0.2) is 60.8 Å². The van der Waals surface area contributed by atoms with Crippen molar-refractivity contribution >= 4 is 47.1 Å². The number of nitrogens with one attached hydrogen (secondary N) is 2. The first-order chi connectivity index (χ1) is 19.1. The van der Waals surface area contributed by atoms with Crippen LogP contribution < -0.4 is 20.7 Å². The molecule has 3 aromatic rings. The van der Waals surface area contributed by atoms with Crippen LogP contribution in [0.4, 0.5) is 17.2 Å². The van der Waals surface area contributed by atoms with E-state index in [4.69, 9.17) is 16.3 Å². The van der Waals surface area contributed by atoms with Crippen LogP contribution in [-0.2, 0) is 15.8 Å². The van der Waals surface area contributed by atoms with E-state index < -0.39 is 7.14 Å². The molecule has 40 heavy (non-hydrogen) atoms. The molecule has 10 heteroatoms. The number of carbonyl (C=O) groups is 1. The maximum absolute atomic E-state index is 12.8. The fourth-order valence-electron chi connectivity index (χ4n) is 3.96. The number of carbonyl (C=O) groups excluding carboxylic acids is 1. The van der Waals surface area contributed by atoms with Crippen molar-refractivity contribution in [1.29, 1.82) is 0 Å². The van der Waals surface area contributed by atoms with Crippen LogP contribution in [0.15, 0.2) is 55.3 Å². The van der Waals surface area contributed by atoms with E-state index in [2.05, 4.69) is 57.8 Å². The summed E-state index contributed by atoms with van der Waals surface area (Å²) in [6.07, 6.45) is 3.02. The zero-order chi connectivity index (χ0) is 29.3. The molecule has 0 radical (unpaired) electrons. The summed E-state index contributed by atoms with van der Waals surface area (Å²) in [4.78, 5) is 23.4. The van der Waals surface area contributed by atoms with E-state index in [1.54, 1.807) is 26.5 Å². The first-order valence-electron chi connectivity index (χ1n) is 12.9. The molecule has 0 aliphatic carbocycles. The van der Waals surface area contributed by atoms with Crippen molar-refractivity contribution < 1.29 is 14.1 Å². The summed E-state index contributed by atoms with van der Waals surface area (Å²) in [5, 5.41) is 7.10. The highest BCUT2D eigenvalue weighted by atomic mass is 35.5. The number of hydrogen-bond acceptors (Lipinski definition) is 7. The van der Waals surface area contributed by atoms with Gasteiger partial charge in [-0.2, -0.15) is 0 Å². The summed E-state index contributed by atoms with van der Waals surface area (Å²) in [5.41, 5.74) is 2.58. The summed E-state index contributed by atoms with van der Waals surface area (Å²) in [5.74, 6) is 7.45. The fourth-order valence-corrected chi connectivity index (χ4v) is 5.25. The van der Waals surface area contributed by atoms with Gasteiger partial charge in [-0.3, -0.25) is 9.69 Å². The van der Waals surface area contributed by atoms with Gasteiger partial charge in [0.1, 0.15) is 23.7 Å². The predicted octanol–water partition coefficient (Wildman–Crippen LogP) is 5.54. The Morgan fingerprint density at radius 3 is 2.58 bits per heavy atom. The van der Waals surface area contributed by atoms with Crippen molar-refractivity contribution in [2.75, 3.05) is 50.7 Å². The van der Waals surface area contributed by atoms with Crippen LogP contribution in [0.5, 0.6) is 5.75 Å². The number of amides is 1. The molecule has 2 aromatic carbocycles. The van der Waals surface area contributed by atoms with Gasteiger partial charge in [0.15, 0.2) is 5.82 Å². The fraction of sp³-hybridized carbons (Fsp3) is 0.300. The molecule has 0 unspecified atom stereocenters. The van der Waals surface area contributed by atoms with Crippen LogP contribution in [0, 0.1) is 11.8 Å². The van der Waals surface area contributed by atoms with Gasteiger partial charge in [0.25, 0.3) is 0 Å². The second kappa shape index (κ2) is 14.1. The van der Waals surface area contributed by atoms with E-state index in [9.17, 15) is 9.36 Å². The number of nitrogens with zero attached hydrogens (tertiary/aromatic N) is 3. The number of rotatable bonds is 11. The molecule has 210 valence electrons. The molecule has 2 N–H and O–H groups in total. The van der Waals surface area contributed by atoms with Gasteiger partial charge in [-0.05, 0) is 56.8 Å². The Morgan fingerprint density at radius 2 is 1.93 bits per heavy atom. The molecule has 0 aliphatic heterocycles. The second-order valence-electron chi connectivity index (χ2n) is 9.32. The number of anilines is 3. The number of aromatic nitrogens is 2. The molecule has 1 amide bonds. The first kappa shape index (κ1) is 30.9. The molecular formula is C30H35ClN5O3P. The third-order valence-corrected chi connectivity index (χ3v) is 7.99. The van der Waals surface area contributed by atoms with Crippen molar-refractivity contribution in [2.24, 2.45) is 0 Å². The summed E-state index contributed by atoms with van der Waals surface area (Å²) >= 11 is 6.43. The maximum Gasteiger partial charge on any atom is 0.247 e. The highest BCUT2D eigenvalue weighted by Gasteiger charge is 2.18. The van der Waals surface area contributed by atoms with Gasteiger partial charge in [0.05, 0.1) is 36.8 Å². The Hall–Kier alpha value is -3.63.